The number of aryl methyl sites for hydroxylation is 7. The minimum atomic E-state index is 1.31. The molecule has 432 valence electrons. The van der Waals surface area contributed by atoms with Gasteiger partial charge in [0.2, 0.25) is 0 Å². The number of hydrogen-bond donors (Lipinski definition) is 0. The average Bonchev–Trinajstić information content (AvgIpc) is 3.73. The molecule has 0 heteroatoms. The predicted molar refractivity (Wildman–Crippen MR) is 393 cm³/mol. The van der Waals surface area contributed by atoms with Gasteiger partial charge in [-0.25, -0.2) is 0 Å². The summed E-state index contributed by atoms with van der Waals surface area (Å²) < 4.78 is 0. The first-order valence-electron chi connectivity index (χ1n) is 31.0. The van der Waals surface area contributed by atoms with E-state index in [-0.39, 0.29) is 0 Å². The SMILES string of the molecule is Cc1cc2ccccc2c2ccccc12.Cc1ccc2c(ccc3ccccc32)c1.Cc1ccc2ccccc2c1.Cc1cccc2c1ccc1ccccc12.Cc1cccc2ccc3ccccc3c12.Cc1cccc2ccccc12.Cc1ccccc1. The highest BCUT2D eigenvalue weighted by molar-refractivity contribution is 6.11. The Morgan fingerprint density at radius 1 is 0.135 bits per heavy atom. The molecule has 89 heavy (non-hydrogen) atoms. The molecule has 0 unspecified atom stereocenters. The van der Waals surface area contributed by atoms with Crippen LogP contribution in [-0.4, -0.2) is 0 Å². The van der Waals surface area contributed by atoms with Crippen LogP contribution in [0.1, 0.15) is 38.9 Å². The van der Waals surface area contributed by atoms with Gasteiger partial charge in [0.05, 0.1) is 0 Å². The fourth-order valence-corrected chi connectivity index (χ4v) is 12.0. The Balaban J connectivity index is 0.000000108. The molecule has 0 amide bonds. The average molecular weight is 1150 g/mol. The third-order valence-corrected chi connectivity index (χ3v) is 16.7. The van der Waals surface area contributed by atoms with E-state index in [9.17, 15) is 0 Å². The zero-order chi connectivity index (χ0) is 61.5. The van der Waals surface area contributed by atoms with Crippen molar-refractivity contribution in [3.63, 3.8) is 0 Å². The topological polar surface area (TPSA) is 0 Å². The Bertz CT molecular complexity index is 5170. The lowest BCUT2D eigenvalue weighted by atomic mass is 9.98. The summed E-state index contributed by atoms with van der Waals surface area (Å²) in [5, 5.41) is 26.8. The number of fused-ring (bicyclic) bond motifs is 14. The minimum Gasteiger partial charge on any atom is -0.0622 e. The van der Waals surface area contributed by atoms with Gasteiger partial charge in [-0.05, 0) is 178 Å². The summed E-state index contributed by atoms with van der Waals surface area (Å²) in [6, 6.07) is 118. The molecule has 0 aromatic heterocycles. The molecule has 0 nitrogen and oxygen atoms in total. The second-order valence-corrected chi connectivity index (χ2v) is 23.2. The van der Waals surface area contributed by atoms with Crippen LogP contribution in [0.5, 0.6) is 0 Å². The molecule has 0 bridgehead atoms. The highest BCUT2D eigenvalue weighted by atomic mass is 14.1. The lowest BCUT2D eigenvalue weighted by molar-refractivity contribution is 1.48. The molecule has 17 aromatic rings. The summed E-state index contributed by atoms with van der Waals surface area (Å²) in [7, 11) is 0. The molecule has 17 rings (SSSR count). The molecule has 0 aliphatic rings. The van der Waals surface area contributed by atoms with Crippen molar-refractivity contribution in [3.8, 4) is 0 Å². The summed E-state index contributed by atoms with van der Waals surface area (Å²) in [5.74, 6) is 0. The van der Waals surface area contributed by atoms with Crippen molar-refractivity contribution in [2.24, 2.45) is 0 Å². The van der Waals surface area contributed by atoms with Gasteiger partial charge in [-0.15, -0.1) is 0 Å². The van der Waals surface area contributed by atoms with Crippen LogP contribution in [0, 0.1) is 48.5 Å². The minimum absolute atomic E-state index is 1.31. The summed E-state index contributed by atoms with van der Waals surface area (Å²) in [6.45, 7) is 15.0. The van der Waals surface area contributed by atoms with Crippen molar-refractivity contribution < 1.29 is 0 Å². The highest BCUT2D eigenvalue weighted by Gasteiger charge is 2.05. The van der Waals surface area contributed by atoms with Gasteiger partial charge in [-0.2, -0.15) is 0 Å². The van der Waals surface area contributed by atoms with Crippen LogP contribution < -0.4 is 0 Å². The molecule has 0 saturated carbocycles. The monoisotopic (exact) mass is 1140 g/mol. The van der Waals surface area contributed by atoms with Gasteiger partial charge in [0.15, 0.2) is 0 Å². The zero-order valence-electron chi connectivity index (χ0n) is 52.3. The first-order valence-corrected chi connectivity index (χ1v) is 31.0. The van der Waals surface area contributed by atoms with Crippen molar-refractivity contribution in [1.82, 2.24) is 0 Å². The zero-order valence-corrected chi connectivity index (χ0v) is 52.3. The molecule has 17 aromatic carbocycles. The molecule has 0 aliphatic heterocycles. The van der Waals surface area contributed by atoms with E-state index in [0.29, 0.717) is 0 Å². The molecule has 0 N–H and O–H groups in total. The second kappa shape index (κ2) is 28.7. The van der Waals surface area contributed by atoms with E-state index in [1.165, 1.54) is 147 Å². The maximum Gasteiger partial charge on any atom is -0.00761 e. The van der Waals surface area contributed by atoms with Crippen LogP contribution in [0.4, 0.5) is 0 Å². The van der Waals surface area contributed by atoms with Crippen LogP contribution in [-0.2, 0) is 0 Å². The molecule has 0 saturated heterocycles. The summed E-state index contributed by atoms with van der Waals surface area (Å²) in [4.78, 5) is 0. The maximum absolute atomic E-state index is 2.26. The molecule has 0 atom stereocenters. The molecular formula is C89H76. The van der Waals surface area contributed by atoms with Gasteiger partial charge in [-0.1, -0.05) is 350 Å². The summed E-state index contributed by atoms with van der Waals surface area (Å²) >= 11 is 0. The van der Waals surface area contributed by atoms with E-state index < -0.39 is 0 Å². The van der Waals surface area contributed by atoms with Crippen LogP contribution in [0.2, 0.25) is 0 Å². The van der Waals surface area contributed by atoms with Crippen LogP contribution in [0.15, 0.2) is 334 Å². The maximum atomic E-state index is 2.26. The fourth-order valence-electron chi connectivity index (χ4n) is 12.0. The second-order valence-electron chi connectivity index (χ2n) is 23.2. The molecule has 0 heterocycles. The first kappa shape index (κ1) is 60.0. The van der Waals surface area contributed by atoms with Crippen molar-refractivity contribution in [3.05, 3.63) is 373 Å². The van der Waals surface area contributed by atoms with Crippen LogP contribution >= 0.6 is 0 Å². The fraction of sp³-hybridized carbons (Fsp3) is 0.0787. The molecule has 0 fully saturated rings. The van der Waals surface area contributed by atoms with Gasteiger partial charge >= 0.3 is 0 Å². The van der Waals surface area contributed by atoms with E-state index in [0.717, 1.165) is 0 Å². The Hall–Kier alpha value is -10.7. The van der Waals surface area contributed by atoms with Gasteiger partial charge < -0.3 is 0 Å². The standard InChI is InChI=1S/4C15H12.2C11H10.C7H8/c1-11-5-4-7-13-10-9-12-6-2-3-8-14(12)15(11)13;1-11-10-12-6-2-3-8-14(12)15-9-5-4-7-13(11)15;1-11-5-4-8-15-13(11)10-9-12-6-2-3-7-14(12)15;1-11-6-9-15-13(10-11)8-7-12-4-2-3-5-14(12)15;1-9-5-4-7-10-6-2-3-8-11(9)10;1-9-6-7-10-4-2-3-5-11(10)8-9;1-7-5-3-2-4-6-7/h4*2-10H,1H3;2*2-8H,1H3;2-6H,1H3. The first-order chi connectivity index (χ1) is 43.6. The largest absolute Gasteiger partial charge is 0.0622 e. The van der Waals surface area contributed by atoms with E-state index in [1.807, 2.05) is 18.2 Å². The van der Waals surface area contributed by atoms with Crippen molar-refractivity contribution in [1.29, 1.82) is 0 Å². The molecule has 0 radical (unpaired) electrons. The quantitative estimate of drug-likeness (QED) is 0.133. The van der Waals surface area contributed by atoms with Gasteiger partial charge in [0.1, 0.15) is 0 Å². The van der Waals surface area contributed by atoms with E-state index in [2.05, 4.69) is 364 Å². The van der Waals surface area contributed by atoms with Crippen molar-refractivity contribution >= 4 is 108 Å². The Kier molecular flexibility index (Phi) is 19.4. The number of benzene rings is 17. The van der Waals surface area contributed by atoms with Crippen LogP contribution in [0.3, 0.4) is 0 Å². The smallest absolute Gasteiger partial charge is 0.00761 e. The summed E-state index contributed by atoms with van der Waals surface area (Å²) in [6.07, 6.45) is 0. The normalized spacial score (nSPS) is 10.6. The lowest BCUT2D eigenvalue weighted by Gasteiger charge is -2.06. The van der Waals surface area contributed by atoms with E-state index in [4.69, 9.17) is 0 Å². The lowest BCUT2D eigenvalue weighted by Crippen LogP contribution is -1.81. The summed E-state index contributed by atoms with van der Waals surface area (Å²) in [5.41, 5.74) is 9.36. The Morgan fingerprint density at radius 3 is 1.06 bits per heavy atom. The van der Waals surface area contributed by atoms with Crippen LogP contribution in [0.25, 0.3) is 108 Å². The molecule has 0 aliphatic carbocycles. The third kappa shape index (κ3) is 14.6. The van der Waals surface area contributed by atoms with Crippen molar-refractivity contribution in [2.75, 3.05) is 0 Å². The highest BCUT2D eigenvalue weighted by Crippen LogP contribution is 2.31. The van der Waals surface area contributed by atoms with Gasteiger partial charge in [-0.3, -0.25) is 0 Å². The van der Waals surface area contributed by atoms with E-state index in [1.54, 1.807) is 0 Å². The third-order valence-electron chi connectivity index (χ3n) is 16.7. The number of rotatable bonds is 0. The van der Waals surface area contributed by atoms with E-state index >= 15 is 0 Å². The predicted octanol–water partition coefficient (Wildman–Crippen LogP) is 25.5. The molecule has 0 spiro atoms. The Labute approximate surface area is 525 Å². The van der Waals surface area contributed by atoms with Gasteiger partial charge in [0.25, 0.3) is 0 Å². The molecular weight excluding hydrogens is 1070 g/mol. The Morgan fingerprint density at radius 2 is 0.449 bits per heavy atom. The van der Waals surface area contributed by atoms with Gasteiger partial charge in [0, 0.05) is 0 Å². The van der Waals surface area contributed by atoms with Crippen molar-refractivity contribution in [2.45, 2.75) is 48.5 Å². The number of hydrogen-bond acceptors (Lipinski definition) is 0.